The van der Waals surface area contributed by atoms with E-state index in [2.05, 4.69) is 33.8 Å². The maximum atomic E-state index is 11.5. The Morgan fingerprint density at radius 3 is 2.59 bits per heavy atom. The van der Waals surface area contributed by atoms with Crippen LogP contribution in [0, 0.1) is 46.3 Å². The van der Waals surface area contributed by atoms with E-state index in [9.17, 15) is 9.90 Å². The van der Waals surface area contributed by atoms with Crippen LogP contribution in [0.3, 0.4) is 0 Å². The molecule has 32 heavy (non-hydrogen) atoms. The summed E-state index contributed by atoms with van der Waals surface area (Å²) in [6, 6.07) is 0. The third kappa shape index (κ3) is 4.21. The van der Waals surface area contributed by atoms with Gasteiger partial charge < -0.3 is 9.84 Å². The molecule has 0 aromatic rings. The quantitative estimate of drug-likeness (QED) is 0.342. The van der Waals surface area contributed by atoms with Gasteiger partial charge in [0.05, 0.1) is 6.61 Å². The Kier molecular flexibility index (Phi) is 7.16. The van der Waals surface area contributed by atoms with Crippen LogP contribution in [-0.4, -0.2) is 23.8 Å². The first kappa shape index (κ1) is 24.3. The highest BCUT2D eigenvalue weighted by Gasteiger charge is 2.60. The molecule has 8 atom stereocenters. The van der Waals surface area contributed by atoms with Crippen molar-refractivity contribution < 1.29 is 14.6 Å². The van der Waals surface area contributed by atoms with Crippen LogP contribution in [0.15, 0.2) is 11.6 Å². The predicted octanol–water partition coefficient (Wildman–Crippen LogP) is 6.93. The van der Waals surface area contributed by atoms with Gasteiger partial charge in [-0.3, -0.25) is 4.79 Å². The van der Waals surface area contributed by atoms with Crippen molar-refractivity contribution in [1.82, 2.24) is 0 Å². The minimum absolute atomic E-state index is 0.00591. The Morgan fingerprint density at radius 2 is 1.91 bits per heavy atom. The SMILES string of the molecule is CC(=O)OC1CC[C@@]2(CO)C(=CC[C@@H]3[C@H]2CC[C@@]2(C)[C@@H]3CC[C@H]2[C@H](C)CCCC(C)C)C1. The molecular weight excluding hydrogens is 396 g/mol. The van der Waals surface area contributed by atoms with Gasteiger partial charge in [-0.2, -0.15) is 0 Å². The average molecular weight is 445 g/mol. The van der Waals surface area contributed by atoms with Gasteiger partial charge in [-0.25, -0.2) is 0 Å². The summed E-state index contributed by atoms with van der Waals surface area (Å²) in [6.07, 6.45) is 15.9. The van der Waals surface area contributed by atoms with Crippen molar-refractivity contribution in [3.05, 3.63) is 11.6 Å². The van der Waals surface area contributed by atoms with Crippen LogP contribution in [0.25, 0.3) is 0 Å². The number of aliphatic hydroxyl groups excluding tert-OH is 1. The minimum atomic E-state index is -0.172. The number of ether oxygens (including phenoxy) is 1. The highest BCUT2D eigenvalue weighted by Crippen LogP contribution is 2.67. The average Bonchev–Trinajstić information content (AvgIpc) is 3.10. The van der Waals surface area contributed by atoms with Crippen LogP contribution < -0.4 is 0 Å². The van der Waals surface area contributed by atoms with Crippen molar-refractivity contribution in [3.63, 3.8) is 0 Å². The molecule has 1 N–H and O–H groups in total. The largest absolute Gasteiger partial charge is 0.462 e. The first-order valence-corrected chi connectivity index (χ1v) is 13.7. The van der Waals surface area contributed by atoms with Crippen LogP contribution in [0.5, 0.6) is 0 Å². The van der Waals surface area contributed by atoms with E-state index in [1.807, 2.05) is 0 Å². The first-order chi connectivity index (χ1) is 15.2. The predicted molar refractivity (Wildman–Crippen MR) is 130 cm³/mol. The molecule has 4 aliphatic carbocycles. The highest BCUT2D eigenvalue weighted by molar-refractivity contribution is 5.66. The van der Waals surface area contributed by atoms with Crippen molar-refractivity contribution >= 4 is 5.97 Å². The van der Waals surface area contributed by atoms with Crippen molar-refractivity contribution in [1.29, 1.82) is 0 Å². The minimum Gasteiger partial charge on any atom is -0.462 e. The summed E-state index contributed by atoms with van der Waals surface area (Å²) >= 11 is 0. The summed E-state index contributed by atoms with van der Waals surface area (Å²) in [7, 11) is 0. The van der Waals surface area contributed by atoms with Gasteiger partial charge in [0, 0.05) is 18.8 Å². The van der Waals surface area contributed by atoms with E-state index < -0.39 is 0 Å². The summed E-state index contributed by atoms with van der Waals surface area (Å²) in [4.78, 5) is 11.5. The van der Waals surface area contributed by atoms with Crippen LogP contribution >= 0.6 is 0 Å². The summed E-state index contributed by atoms with van der Waals surface area (Å²) in [5.41, 5.74) is 1.83. The van der Waals surface area contributed by atoms with Gasteiger partial charge in [0.15, 0.2) is 0 Å². The van der Waals surface area contributed by atoms with Gasteiger partial charge in [0.2, 0.25) is 0 Å². The third-order valence-electron chi connectivity index (χ3n) is 10.6. The van der Waals surface area contributed by atoms with Gasteiger partial charge in [-0.1, -0.05) is 58.6 Å². The molecule has 4 rings (SSSR count). The number of aliphatic hydroxyl groups is 1. The van der Waals surface area contributed by atoms with Gasteiger partial charge in [0.25, 0.3) is 0 Å². The molecule has 3 heteroatoms. The molecule has 0 aromatic heterocycles. The van der Waals surface area contributed by atoms with Crippen LogP contribution in [0.2, 0.25) is 0 Å². The first-order valence-electron chi connectivity index (χ1n) is 13.7. The van der Waals surface area contributed by atoms with Crippen LogP contribution in [-0.2, 0) is 9.53 Å². The monoisotopic (exact) mass is 444 g/mol. The molecule has 0 saturated heterocycles. The second kappa shape index (κ2) is 9.43. The fourth-order valence-electron chi connectivity index (χ4n) is 9.08. The van der Waals surface area contributed by atoms with Crippen molar-refractivity contribution in [2.45, 2.75) is 111 Å². The second-order valence-electron chi connectivity index (χ2n) is 12.7. The zero-order valence-corrected chi connectivity index (χ0v) is 21.4. The van der Waals surface area contributed by atoms with E-state index >= 15 is 0 Å². The van der Waals surface area contributed by atoms with Crippen molar-refractivity contribution in [3.8, 4) is 0 Å². The number of fused-ring (bicyclic) bond motifs is 5. The number of rotatable bonds is 7. The Bertz CT molecular complexity index is 711. The van der Waals surface area contributed by atoms with Gasteiger partial charge >= 0.3 is 5.97 Å². The van der Waals surface area contributed by atoms with Crippen LogP contribution in [0.1, 0.15) is 105 Å². The maximum absolute atomic E-state index is 11.5. The van der Waals surface area contributed by atoms with Gasteiger partial charge in [-0.15, -0.1) is 0 Å². The Hall–Kier alpha value is -0.830. The van der Waals surface area contributed by atoms with Crippen LogP contribution in [0.4, 0.5) is 0 Å². The summed E-state index contributed by atoms with van der Waals surface area (Å²) < 4.78 is 5.58. The lowest BCUT2D eigenvalue weighted by molar-refractivity contribution is -0.149. The number of carbonyl (C=O) groups is 1. The molecular formula is C29H48O3. The Morgan fingerprint density at radius 1 is 1.12 bits per heavy atom. The molecule has 4 aliphatic rings. The van der Waals surface area contributed by atoms with Gasteiger partial charge in [0.1, 0.15) is 6.10 Å². The lowest BCUT2D eigenvalue weighted by atomic mass is 9.46. The lowest BCUT2D eigenvalue weighted by Crippen LogP contribution is -2.53. The molecule has 0 amide bonds. The molecule has 0 spiro atoms. The Labute approximate surface area is 196 Å². The zero-order chi connectivity index (χ0) is 23.1. The standard InChI is InChI=1S/C29H48O3/c1-19(2)7-6-8-20(3)25-11-12-26-24-10-9-22-17-23(32-21(4)31)13-16-29(22,18-30)27(24)14-15-28(25,26)5/h9,19-20,23-27,30H,6-8,10-18H2,1-5H3/t20-,23?,24+,25+,26-,27-,28-,29-/m1/s1. The maximum Gasteiger partial charge on any atom is 0.302 e. The fraction of sp³-hybridized carbons (Fsp3) is 0.897. The molecule has 0 bridgehead atoms. The molecule has 3 nitrogen and oxygen atoms in total. The van der Waals surface area contributed by atoms with E-state index in [0.29, 0.717) is 11.3 Å². The number of allylic oxidation sites excluding steroid dienone is 1. The number of carbonyl (C=O) groups excluding carboxylic acids is 1. The second-order valence-corrected chi connectivity index (χ2v) is 12.7. The molecule has 0 aliphatic heterocycles. The van der Waals surface area contributed by atoms with E-state index in [-0.39, 0.29) is 24.1 Å². The van der Waals surface area contributed by atoms with Gasteiger partial charge in [-0.05, 0) is 85.9 Å². The number of hydrogen-bond donors (Lipinski definition) is 1. The Balaban J connectivity index is 1.50. The molecule has 182 valence electrons. The van der Waals surface area contributed by atoms with E-state index in [4.69, 9.17) is 4.74 Å². The van der Waals surface area contributed by atoms with E-state index in [1.54, 1.807) is 0 Å². The topological polar surface area (TPSA) is 46.5 Å². The number of esters is 1. The lowest BCUT2D eigenvalue weighted by Gasteiger charge is -2.59. The van der Waals surface area contributed by atoms with Crippen molar-refractivity contribution in [2.75, 3.05) is 6.61 Å². The summed E-state index contributed by atoms with van der Waals surface area (Å²) in [5, 5.41) is 10.7. The summed E-state index contributed by atoms with van der Waals surface area (Å²) in [6.45, 7) is 11.6. The van der Waals surface area contributed by atoms with Crippen molar-refractivity contribution in [2.24, 2.45) is 46.3 Å². The molecule has 1 unspecified atom stereocenters. The zero-order valence-electron chi connectivity index (χ0n) is 21.4. The van der Waals surface area contributed by atoms with E-state index in [0.717, 1.165) is 48.9 Å². The normalized spacial score (nSPS) is 42.0. The molecule has 3 fully saturated rings. The number of hydrogen-bond acceptors (Lipinski definition) is 3. The molecule has 0 aromatic carbocycles. The molecule has 0 heterocycles. The molecule has 0 radical (unpaired) electrons. The summed E-state index contributed by atoms with van der Waals surface area (Å²) in [5.74, 6) is 4.50. The smallest absolute Gasteiger partial charge is 0.302 e. The van der Waals surface area contributed by atoms with E-state index in [1.165, 1.54) is 63.9 Å². The fourth-order valence-corrected chi connectivity index (χ4v) is 9.08. The highest BCUT2D eigenvalue weighted by atomic mass is 16.5. The third-order valence-corrected chi connectivity index (χ3v) is 10.6. The molecule has 3 saturated carbocycles.